The number of nitriles is 1. The van der Waals surface area contributed by atoms with Crippen LogP contribution in [0.2, 0.25) is 0 Å². The second kappa shape index (κ2) is 9.18. The summed E-state index contributed by atoms with van der Waals surface area (Å²) in [6.45, 7) is 1.51. The molecule has 160 valence electrons. The molecular formula is C22H25N7O2. The monoisotopic (exact) mass is 419 g/mol. The number of rotatable bonds is 10. The third-order valence-electron chi connectivity index (χ3n) is 5.42. The highest BCUT2D eigenvalue weighted by molar-refractivity contribution is 5.93. The van der Waals surface area contributed by atoms with Crippen molar-refractivity contribution < 1.29 is 9.59 Å². The van der Waals surface area contributed by atoms with Gasteiger partial charge < -0.3 is 20.3 Å². The zero-order chi connectivity index (χ0) is 21.8. The van der Waals surface area contributed by atoms with Gasteiger partial charge in [-0.3, -0.25) is 9.78 Å². The van der Waals surface area contributed by atoms with E-state index in [4.69, 9.17) is 0 Å². The number of anilines is 2. The minimum Gasteiger partial charge on any atom is -0.372 e. The van der Waals surface area contributed by atoms with E-state index in [9.17, 15) is 14.9 Å². The lowest BCUT2D eigenvalue weighted by atomic mass is 10.1. The first-order valence-electron chi connectivity index (χ1n) is 10.5. The maximum atomic E-state index is 11.9. The van der Waals surface area contributed by atoms with E-state index in [1.807, 2.05) is 7.05 Å². The molecule has 2 aliphatic carbocycles. The summed E-state index contributed by atoms with van der Waals surface area (Å²) in [7, 11) is 2.00. The molecule has 0 bridgehead atoms. The molecule has 9 nitrogen and oxygen atoms in total. The number of pyridine rings is 1. The number of nitrogens with zero attached hydrogens (tertiary/aromatic N) is 5. The molecule has 4 rings (SSSR count). The number of likely N-dealkylation sites (N-methyl/N-ethyl adjacent to an activating group) is 1. The summed E-state index contributed by atoms with van der Waals surface area (Å²) in [5, 5.41) is 15.3. The fourth-order valence-electron chi connectivity index (χ4n) is 3.39. The lowest BCUT2D eigenvalue weighted by Gasteiger charge is -2.22. The van der Waals surface area contributed by atoms with Gasteiger partial charge in [-0.05, 0) is 44.7 Å². The van der Waals surface area contributed by atoms with Gasteiger partial charge >= 0.3 is 0 Å². The van der Waals surface area contributed by atoms with Gasteiger partial charge in [0.2, 0.25) is 5.91 Å². The van der Waals surface area contributed by atoms with Crippen molar-refractivity contribution in [3.8, 4) is 17.3 Å². The first-order valence-corrected chi connectivity index (χ1v) is 10.5. The van der Waals surface area contributed by atoms with Gasteiger partial charge in [0.25, 0.3) is 0 Å². The highest BCUT2D eigenvalue weighted by atomic mass is 16.2. The number of aldehydes is 1. The van der Waals surface area contributed by atoms with E-state index >= 15 is 0 Å². The van der Waals surface area contributed by atoms with Crippen molar-refractivity contribution in [2.45, 2.75) is 31.7 Å². The van der Waals surface area contributed by atoms with Crippen molar-refractivity contribution in [1.82, 2.24) is 19.9 Å². The molecule has 2 N–H and O–H groups in total. The smallest absolute Gasteiger partial charge is 0.228 e. The van der Waals surface area contributed by atoms with Gasteiger partial charge in [0.15, 0.2) is 11.5 Å². The first-order chi connectivity index (χ1) is 15.1. The molecule has 2 aromatic rings. The van der Waals surface area contributed by atoms with Crippen molar-refractivity contribution in [2.75, 3.05) is 30.8 Å². The number of carbonyl (C=O) groups is 2. The molecule has 1 amide bonds. The van der Waals surface area contributed by atoms with Crippen molar-refractivity contribution in [3.63, 3.8) is 0 Å². The van der Waals surface area contributed by atoms with Crippen molar-refractivity contribution in [2.24, 2.45) is 11.8 Å². The highest BCUT2D eigenvalue weighted by Gasteiger charge is 2.29. The number of carbonyl (C=O) groups excluding carboxylic acids is 2. The van der Waals surface area contributed by atoms with E-state index in [0.717, 1.165) is 31.6 Å². The molecule has 0 unspecified atom stereocenters. The van der Waals surface area contributed by atoms with E-state index < -0.39 is 6.04 Å². The summed E-state index contributed by atoms with van der Waals surface area (Å²) >= 11 is 0. The highest BCUT2D eigenvalue weighted by Crippen LogP contribution is 2.30. The van der Waals surface area contributed by atoms with Crippen LogP contribution in [0.5, 0.6) is 0 Å². The minimum atomic E-state index is -0.459. The average Bonchev–Trinajstić information content (AvgIpc) is 3.68. The van der Waals surface area contributed by atoms with Gasteiger partial charge in [0.1, 0.15) is 12.4 Å². The molecular weight excluding hydrogens is 394 g/mol. The molecule has 0 spiro atoms. The minimum absolute atomic E-state index is 0.0277. The van der Waals surface area contributed by atoms with Crippen LogP contribution in [0.1, 0.15) is 31.4 Å². The Morgan fingerprint density at radius 3 is 2.68 bits per heavy atom. The molecule has 0 radical (unpaired) electrons. The maximum absolute atomic E-state index is 11.9. The number of hydrogen-bond donors (Lipinski definition) is 2. The fraction of sp³-hybridized carbons (Fsp3) is 0.455. The molecule has 2 aromatic heterocycles. The molecule has 0 aliphatic heterocycles. The first kappa shape index (κ1) is 20.9. The SMILES string of the molecule is CN(CC1CC1)C[C@@H](C=O)Nc1cc(-c2cnc(NC(=O)C3CC3)cn2)cnc1C#N. The van der Waals surface area contributed by atoms with Crippen LogP contribution in [0.3, 0.4) is 0 Å². The number of aromatic nitrogens is 3. The maximum Gasteiger partial charge on any atom is 0.228 e. The Balaban J connectivity index is 1.46. The number of nitrogens with one attached hydrogen (secondary N) is 2. The average molecular weight is 419 g/mol. The van der Waals surface area contributed by atoms with Gasteiger partial charge in [-0.25, -0.2) is 9.97 Å². The molecule has 1 atom stereocenters. The number of amides is 1. The number of hydrogen-bond acceptors (Lipinski definition) is 8. The second-order valence-electron chi connectivity index (χ2n) is 8.33. The van der Waals surface area contributed by atoms with Crippen LogP contribution in [0.15, 0.2) is 24.7 Å². The molecule has 2 heterocycles. The van der Waals surface area contributed by atoms with Crippen LogP contribution in [0.4, 0.5) is 11.5 Å². The van der Waals surface area contributed by atoms with Gasteiger partial charge in [0.05, 0.1) is 29.8 Å². The van der Waals surface area contributed by atoms with Crippen LogP contribution in [-0.2, 0) is 9.59 Å². The Labute approximate surface area is 180 Å². The lowest BCUT2D eigenvalue weighted by Crippen LogP contribution is -2.36. The quantitative estimate of drug-likeness (QED) is 0.561. The summed E-state index contributed by atoms with van der Waals surface area (Å²) in [6, 6.07) is 3.35. The molecule has 31 heavy (non-hydrogen) atoms. The topological polar surface area (TPSA) is 124 Å². The summed E-state index contributed by atoms with van der Waals surface area (Å²) < 4.78 is 0. The van der Waals surface area contributed by atoms with Crippen LogP contribution < -0.4 is 10.6 Å². The molecule has 2 aliphatic rings. The van der Waals surface area contributed by atoms with Gasteiger partial charge in [-0.2, -0.15) is 5.26 Å². The normalized spacial score (nSPS) is 16.4. The fourth-order valence-corrected chi connectivity index (χ4v) is 3.39. The van der Waals surface area contributed by atoms with Gasteiger partial charge in [0, 0.05) is 30.8 Å². The van der Waals surface area contributed by atoms with Crippen molar-refractivity contribution in [3.05, 3.63) is 30.4 Å². The lowest BCUT2D eigenvalue weighted by molar-refractivity contribution is -0.117. The Hall–Kier alpha value is -3.38. The second-order valence-corrected chi connectivity index (χ2v) is 8.33. The van der Waals surface area contributed by atoms with Crippen LogP contribution in [0, 0.1) is 23.2 Å². The summed E-state index contributed by atoms with van der Waals surface area (Å²) in [5.74, 6) is 1.19. The molecule has 9 heteroatoms. The van der Waals surface area contributed by atoms with E-state index in [1.54, 1.807) is 18.5 Å². The van der Waals surface area contributed by atoms with Crippen LogP contribution in [0.25, 0.3) is 11.3 Å². The molecule has 2 saturated carbocycles. The molecule has 2 fully saturated rings. The third-order valence-corrected chi connectivity index (χ3v) is 5.42. The molecule has 0 aromatic carbocycles. The largest absolute Gasteiger partial charge is 0.372 e. The molecule has 0 saturated heterocycles. The predicted octanol–water partition coefficient (Wildman–Crippen LogP) is 2.08. The summed E-state index contributed by atoms with van der Waals surface area (Å²) in [5.41, 5.74) is 1.90. The zero-order valence-corrected chi connectivity index (χ0v) is 17.4. The Morgan fingerprint density at radius 2 is 2.06 bits per heavy atom. The van der Waals surface area contributed by atoms with E-state index in [2.05, 4.69) is 36.6 Å². The van der Waals surface area contributed by atoms with E-state index in [-0.39, 0.29) is 17.5 Å². The Kier molecular flexibility index (Phi) is 6.18. The summed E-state index contributed by atoms with van der Waals surface area (Å²) in [6.07, 6.45) is 9.79. The standard InChI is InChI=1S/C22H25N7O2/c1-29(11-14-2-3-14)12-17(13-30)27-18-6-16(8-24-19(18)7-23)20-9-26-21(10-25-20)28-22(31)15-4-5-15/h6,8-10,13-15,17,27H,2-5,11-12H2,1H3,(H,26,28,31)/t17-/m0/s1. The van der Waals surface area contributed by atoms with Crippen molar-refractivity contribution >= 4 is 23.7 Å². The summed E-state index contributed by atoms with van der Waals surface area (Å²) in [4.78, 5) is 38.4. The van der Waals surface area contributed by atoms with Crippen LogP contribution in [-0.4, -0.2) is 58.2 Å². The van der Waals surface area contributed by atoms with Gasteiger partial charge in [-0.1, -0.05) is 0 Å². The predicted molar refractivity (Wildman–Crippen MR) is 115 cm³/mol. The van der Waals surface area contributed by atoms with Crippen LogP contribution >= 0.6 is 0 Å². The zero-order valence-electron chi connectivity index (χ0n) is 17.4. The van der Waals surface area contributed by atoms with Gasteiger partial charge in [-0.15, -0.1) is 0 Å². The van der Waals surface area contributed by atoms with Crippen molar-refractivity contribution in [1.29, 1.82) is 5.26 Å². The Morgan fingerprint density at radius 1 is 1.26 bits per heavy atom. The Bertz CT molecular complexity index is 994. The van der Waals surface area contributed by atoms with E-state index in [1.165, 1.54) is 19.0 Å². The third kappa shape index (κ3) is 5.61. The van der Waals surface area contributed by atoms with E-state index in [0.29, 0.717) is 29.3 Å².